The van der Waals surface area contributed by atoms with Gasteiger partial charge in [-0.05, 0) is 44.2 Å². The first-order valence-electron chi connectivity index (χ1n) is 8.68. The quantitative estimate of drug-likeness (QED) is 0.622. The first kappa shape index (κ1) is 23.4. The molecule has 1 aromatic rings. The molecule has 0 fully saturated rings. The van der Waals surface area contributed by atoms with Crippen LogP contribution in [0.1, 0.15) is 37.6 Å². The van der Waals surface area contributed by atoms with Gasteiger partial charge in [-0.15, -0.1) is 0 Å². The van der Waals surface area contributed by atoms with Gasteiger partial charge in [0.15, 0.2) is 0 Å². The van der Waals surface area contributed by atoms with Crippen LogP contribution < -0.4 is 10.0 Å². The van der Waals surface area contributed by atoms with Crippen LogP contribution in [0.4, 0.5) is 13.2 Å². The average Bonchev–Trinajstić information content (AvgIpc) is 2.59. The molecule has 0 aliphatic heterocycles. The summed E-state index contributed by atoms with van der Waals surface area (Å²) in [6, 6.07) is 5.17. The van der Waals surface area contributed by atoms with Gasteiger partial charge >= 0.3 is 6.18 Å². The van der Waals surface area contributed by atoms with Crippen LogP contribution in [0.2, 0.25) is 0 Å². The van der Waals surface area contributed by atoms with Gasteiger partial charge < -0.3 is 5.32 Å². The van der Waals surface area contributed by atoms with Crippen LogP contribution in [-0.4, -0.2) is 57.6 Å². The lowest BCUT2D eigenvalue weighted by Crippen LogP contribution is -2.39. The van der Waals surface area contributed by atoms with Crippen molar-refractivity contribution in [3.8, 4) is 0 Å². The fourth-order valence-electron chi connectivity index (χ4n) is 2.23. The van der Waals surface area contributed by atoms with Crippen LogP contribution in [0.25, 0.3) is 0 Å². The smallest absolute Gasteiger partial charge is 0.351 e. The molecule has 1 rings (SSSR count). The topological polar surface area (TPSA) is 78.5 Å². The van der Waals surface area contributed by atoms with Crippen LogP contribution in [0, 0.1) is 0 Å². The van der Waals surface area contributed by atoms with Crippen LogP contribution >= 0.6 is 0 Å². The molecule has 0 spiro atoms. The molecule has 2 N–H and O–H groups in total. The number of halogens is 3. The Kier molecular flexibility index (Phi) is 8.70. The number of sulfonamides is 1. The number of carbonyl (C=O) groups is 1. The predicted octanol–water partition coefficient (Wildman–Crippen LogP) is 2.38. The largest absolute Gasteiger partial charge is 0.401 e. The number of hydrogen-bond donors (Lipinski definition) is 2. The molecule has 0 saturated heterocycles. The Hall–Kier alpha value is -1.65. The van der Waals surface area contributed by atoms with E-state index in [1.165, 1.54) is 29.2 Å². The normalized spacial score (nSPS) is 13.6. The molecule has 0 aliphatic carbocycles. The number of likely N-dealkylation sites (N-methyl/N-ethyl adjacent to an activating group) is 1. The molecule has 1 unspecified atom stereocenters. The highest BCUT2D eigenvalue weighted by Crippen LogP contribution is 2.16. The van der Waals surface area contributed by atoms with E-state index >= 15 is 0 Å². The minimum atomic E-state index is -4.29. The summed E-state index contributed by atoms with van der Waals surface area (Å²) >= 11 is 0. The molecule has 0 bridgehead atoms. The first-order valence-corrected chi connectivity index (χ1v) is 10.2. The molecule has 154 valence electrons. The number of nitrogens with one attached hydrogen (secondary N) is 2. The molecule has 0 heterocycles. The Bertz CT molecular complexity index is 706. The van der Waals surface area contributed by atoms with E-state index in [1.807, 2.05) is 6.92 Å². The maximum Gasteiger partial charge on any atom is 0.401 e. The maximum atomic E-state index is 12.4. The second-order valence-electron chi connectivity index (χ2n) is 6.19. The van der Waals surface area contributed by atoms with Crippen molar-refractivity contribution in [2.45, 2.75) is 44.3 Å². The van der Waals surface area contributed by atoms with Gasteiger partial charge in [0.25, 0.3) is 5.91 Å². The summed E-state index contributed by atoms with van der Waals surface area (Å²) in [4.78, 5) is 13.3. The van der Waals surface area contributed by atoms with Crippen LogP contribution in [0.3, 0.4) is 0 Å². The highest BCUT2D eigenvalue weighted by atomic mass is 32.2. The highest BCUT2D eigenvalue weighted by molar-refractivity contribution is 7.89. The van der Waals surface area contributed by atoms with E-state index in [1.54, 1.807) is 13.8 Å². The first-order chi connectivity index (χ1) is 12.5. The Morgan fingerprint density at radius 3 is 2.26 bits per heavy atom. The Morgan fingerprint density at radius 1 is 1.19 bits per heavy atom. The van der Waals surface area contributed by atoms with E-state index in [4.69, 9.17) is 0 Å². The molecular weight excluding hydrogens is 383 g/mol. The van der Waals surface area contributed by atoms with Gasteiger partial charge in [-0.25, -0.2) is 13.1 Å². The van der Waals surface area contributed by atoms with Crippen molar-refractivity contribution in [3.05, 3.63) is 29.8 Å². The van der Waals surface area contributed by atoms with Gasteiger partial charge in [0, 0.05) is 24.7 Å². The monoisotopic (exact) mass is 409 g/mol. The number of carbonyl (C=O) groups excluding carboxylic acids is 1. The van der Waals surface area contributed by atoms with Crippen molar-refractivity contribution in [2.75, 3.05) is 26.2 Å². The van der Waals surface area contributed by atoms with Crippen molar-refractivity contribution >= 4 is 15.9 Å². The van der Waals surface area contributed by atoms with E-state index in [0.717, 1.165) is 0 Å². The minimum absolute atomic E-state index is 0.0432. The number of rotatable bonds is 10. The average molecular weight is 409 g/mol. The summed E-state index contributed by atoms with van der Waals surface area (Å²) in [6.07, 6.45) is -3.65. The van der Waals surface area contributed by atoms with Crippen LogP contribution in [0.5, 0.6) is 0 Å². The van der Waals surface area contributed by atoms with Crippen LogP contribution in [0.15, 0.2) is 29.2 Å². The number of amides is 1. The molecule has 27 heavy (non-hydrogen) atoms. The lowest BCUT2D eigenvalue weighted by molar-refractivity contribution is -0.145. The lowest BCUT2D eigenvalue weighted by Gasteiger charge is -2.21. The summed E-state index contributed by atoms with van der Waals surface area (Å²) < 4.78 is 64.0. The van der Waals surface area contributed by atoms with E-state index in [2.05, 4.69) is 10.0 Å². The third kappa shape index (κ3) is 8.27. The van der Waals surface area contributed by atoms with Gasteiger partial charge in [-0.3, -0.25) is 9.69 Å². The summed E-state index contributed by atoms with van der Waals surface area (Å²) in [5, 5.41) is 2.54. The van der Waals surface area contributed by atoms with Crippen molar-refractivity contribution in [3.63, 3.8) is 0 Å². The summed E-state index contributed by atoms with van der Waals surface area (Å²) in [5.41, 5.74) is 0.233. The van der Waals surface area contributed by atoms with Gasteiger partial charge in [-0.2, -0.15) is 13.2 Å². The van der Waals surface area contributed by atoms with E-state index in [-0.39, 0.29) is 36.1 Å². The standard InChI is InChI=1S/C17H26F3N3O3S/c1-4-13(3)22-27(25,26)15-8-6-14(7-9-15)16(24)21-10-11-23(5-2)12-17(18,19)20/h6-9,13,22H,4-5,10-12H2,1-3H3,(H,21,24). The van der Waals surface area contributed by atoms with Gasteiger partial charge in [0.2, 0.25) is 10.0 Å². The molecule has 1 aromatic carbocycles. The number of nitrogens with zero attached hydrogens (tertiary/aromatic N) is 1. The fraction of sp³-hybridized carbons (Fsp3) is 0.588. The second-order valence-corrected chi connectivity index (χ2v) is 7.91. The highest BCUT2D eigenvalue weighted by Gasteiger charge is 2.29. The fourth-order valence-corrected chi connectivity index (χ4v) is 3.56. The van der Waals surface area contributed by atoms with Crippen molar-refractivity contribution in [1.82, 2.24) is 14.9 Å². The zero-order chi connectivity index (χ0) is 20.7. The second kappa shape index (κ2) is 10.0. The van der Waals surface area contributed by atoms with Gasteiger partial charge in [-0.1, -0.05) is 13.8 Å². The molecule has 10 heteroatoms. The summed E-state index contributed by atoms with van der Waals surface area (Å²) in [7, 11) is -3.66. The number of hydrogen-bond acceptors (Lipinski definition) is 4. The molecule has 1 atom stereocenters. The van der Waals surface area contributed by atoms with E-state index < -0.39 is 28.7 Å². The SMILES string of the molecule is CCC(C)NS(=O)(=O)c1ccc(C(=O)NCCN(CC)CC(F)(F)F)cc1. The Morgan fingerprint density at radius 2 is 1.78 bits per heavy atom. The predicted molar refractivity (Wildman–Crippen MR) is 97.0 cm³/mol. The van der Waals surface area contributed by atoms with Gasteiger partial charge in [0.05, 0.1) is 11.4 Å². The summed E-state index contributed by atoms with van der Waals surface area (Å²) in [6.45, 7) is 4.51. The molecule has 6 nitrogen and oxygen atoms in total. The molecule has 0 radical (unpaired) electrons. The molecule has 0 aromatic heterocycles. The molecule has 0 aliphatic rings. The van der Waals surface area contributed by atoms with E-state index in [9.17, 15) is 26.4 Å². The van der Waals surface area contributed by atoms with Crippen molar-refractivity contribution in [1.29, 1.82) is 0 Å². The summed E-state index contributed by atoms with van der Waals surface area (Å²) in [5.74, 6) is -0.475. The zero-order valence-electron chi connectivity index (χ0n) is 15.6. The molecule has 1 amide bonds. The molecule has 0 saturated carbocycles. The molecular formula is C17H26F3N3O3S. The third-order valence-electron chi connectivity index (χ3n) is 3.96. The number of alkyl halides is 3. The van der Waals surface area contributed by atoms with Crippen molar-refractivity contribution < 1.29 is 26.4 Å². The maximum absolute atomic E-state index is 12.4. The van der Waals surface area contributed by atoms with Gasteiger partial charge in [0.1, 0.15) is 0 Å². The van der Waals surface area contributed by atoms with Crippen LogP contribution in [-0.2, 0) is 10.0 Å². The van der Waals surface area contributed by atoms with E-state index in [0.29, 0.717) is 6.42 Å². The number of benzene rings is 1. The Labute approximate surface area is 158 Å². The van der Waals surface area contributed by atoms with Crippen molar-refractivity contribution in [2.24, 2.45) is 0 Å². The minimum Gasteiger partial charge on any atom is -0.351 e. The third-order valence-corrected chi connectivity index (χ3v) is 5.56. The lowest BCUT2D eigenvalue weighted by atomic mass is 10.2. The zero-order valence-corrected chi connectivity index (χ0v) is 16.5. The Balaban J connectivity index is 2.62.